The average Bonchev–Trinajstić information content (AvgIpc) is 2.69. The van der Waals surface area contributed by atoms with Gasteiger partial charge in [-0.3, -0.25) is 4.79 Å². The molecule has 5 nitrogen and oxygen atoms in total. The molecule has 1 amide bonds. The summed E-state index contributed by atoms with van der Waals surface area (Å²) in [6.07, 6.45) is -0.956. The summed E-state index contributed by atoms with van der Waals surface area (Å²) in [5, 5.41) is 11.1. The number of carboxylic acids is 1. The number of morpholine rings is 1. The van der Waals surface area contributed by atoms with Crippen molar-refractivity contribution in [1.29, 1.82) is 0 Å². The van der Waals surface area contributed by atoms with E-state index in [1.807, 2.05) is 12.3 Å². The lowest BCUT2D eigenvalue weighted by Gasteiger charge is -2.30. The van der Waals surface area contributed by atoms with Crippen LogP contribution in [0.5, 0.6) is 0 Å². The van der Waals surface area contributed by atoms with Crippen molar-refractivity contribution < 1.29 is 19.4 Å². The van der Waals surface area contributed by atoms with Crippen molar-refractivity contribution in [2.24, 2.45) is 0 Å². The van der Waals surface area contributed by atoms with E-state index in [0.29, 0.717) is 16.4 Å². The Balaban J connectivity index is 2.14. The van der Waals surface area contributed by atoms with E-state index in [1.54, 1.807) is 0 Å². The fraction of sp³-hybridized carbons (Fsp3) is 0.455. The predicted molar refractivity (Wildman–Crippen MR) is 67.3 cm³/mol. The number of amides is 1. The summed E-state index contributed by atoms with van der Waals surface area (Å²) >= 11 is 7.31. The summed E-state index contributed by atoms with van der Waals surface area (Å²) in [7, 11) is 0. The second kappa shape index (κ2) is 5.26. The number of nitrogens with zero attached hydrogens (tertiary/aromatic N) is 1. The number of aliphatic carboxylic acids is 1. The van der Waals surface area contributed by atoms with Gasteiger partial charge in [-0.1, -0.05) is 11.6 Å². The first-order valence-electron chi connectivity index (χ1n) is 5.38. The maximum atomic E-state index is 12.2. The fourth-order valence-electron chi connectivity index (χ4n) is 1.70. The molecular weight excluding hydrogens is 278 g/mol. The quantitative estimate of drug-likeness (QED) is 0.899. The second-order valence-electron chi connectivity index (χ2n) is 4.01. The number of carboxylic acid groups (broad SMARTS) is 1. The molecule has 0 spiro atoms. The van der Waals surface area contributed by atoms with E-state index in [-0.39, 0.29) is 19.1 Å². The molecule has 2 rings (SSSR count). The minimum atomic E-state index is -1.05. The Morgan fingerprint density at radius 1 is 1.61 bits per heavy atom. The number of carbonyl (C=O) groups is 2. The number of ether oxygens (including phenoxy) is 1. The van der Waals surface area contributed by atoms with E-state index >= 15 is 0 Å². The number of halogens is 1. The summed E-state index contributed by atoms with van der Waals surface area (Å²) in [4.78, 5) is 25.0. The van der Waals surface area contributed by atoms with Crippen LogP contribution in [0.25, 0.3) is 0 Å². The van der Waals surface area contributed by atoms with E-state index in [9.17, 15) is 9.59 Å². The zero-order valence-electron chi connectivity index (χ0n) is 9.68. The highest BCUT2D eigenvalue weighted by molar-refractivity contribution is 7.13. The number of carbonyl (C=O) groups excluding carboxylic acids is 1. The Bertz CT molecular complexity index is 487. The van der Waals surface area contributed by atoms with Crippen LogP contribution in [0.1, 0.15) is 15.2 Å². The van der Waals surface area contributed by atoms with Gasteiger partial charge in [0.15, 0.2) is 6.10 Å². The second-order valence-corrected chi connectivity index (χ2v) is 5.27. The SMILES string of the molecule is Cc1csc(C(=O)N2CCOC(C(=O)O)C2)c1Cl. The molecule has 0 aromatic carbocycles. The molecule has 1 fully saturated rings. The van der Waals surface area contributed by atoms with Gasteiger partial charge in [0.2, 0.25) is 0 Å². The number of hydrogen-bond acceptors (Lipinski definition) is 4. The van der Waals surface area contributed by atoms with Gasteiger partial charge in [-0.2, -0.15) is 0 Å². The van der Waals surface area contributed by atoms with Crippen LogP contribution in [0.2, 0.25) is 5.02 Å². The molecule has 0 bridgehead atoms. The maximum absolute atomic E-state index is 12.2. The molecule has 1 N–H and O–H groups in total. The molecule has 7 heteroatoms. The van der Waals surface area contributed by atoms with Crippen LogP contribution >= 0.6 is 22.9 Å². The van der Waals surface area contributed by atoms with Crippen LogP contribution in [-0.4, -0.2) is 47.7 Å². The highest BCUT2D eigenvalue weighted by Crippen LogP contribution is 2.28. The van der Waals surface area contributed by atoms with Gasteiger partial charge < -0.3 is 14.7 Å². The molecule has 1 saturated heterocycles. The minimum absolute atomic E-state index is 0.0570. The summed E-state index contributed by atoms with van der Waals surface area (Å²) in [5.74, 6) is -1.28. The van der Waals surface area contributed by atoms with E-state index < -0.39 is 12.1 Å². The zero-order chi connectivity index (χ0) is 13.3. The van der Waals surface area contributed by atoms with Gasteiger partial charge in [0.1, 0.15) is 4.88 Å². The molecule has 1 aliphatic heterocycles. The van der Waals surface area contributed by atoms with Gasteiger partial charge >= 0.3 is 5.97 Å². The molecule has 18 heavy (non-hydrogen) atoms. The maximum Gasteiger partial charge on any atom is 0.334 e. The van der Waals surface area contributed by atoms with Crippen LogP contribution in [-0.2, 0) is 9.53 Å². The molecule has 1 aromatic heterocycles. The number of hydrogen-bond donors (Lipinski definition) is 1. The lowest BCUT2D eigenvalue weighted by Crippen LogP contribution is -2.48. The molecule has 0 aliphatic carbocycles. The van der Waals surface area contributed by atoms with Crippen LogP contribution < -0.4 is 0 Å². The first-order valence-corrected chi connectivity index (χ1v) is 6.63. The van der Waals surface area contributed by atoms with E-state index in [4.69, 9.17) is 21.4 Å². The van der Waals surface area contributed by atoms with Crippen LogP contribution in [0.15, 0.2) is 5.38 Å². The van der Waals surface area contributed by atoms with Crippen molar-refractivity contribution in [3.05, 3.63) is 20.8 Å². The first-order chi connectivity index (χ1) is 8.50. The van der Waals surface area contributed by atoms with Gasteiger partial charge in [0.05, 0.1) is 18.2 Å². The van der Waals surface area contributed by atoms with Crippen molar-refractivity contribution in [1.82, 2.24) is 4.90 Å². The number of thiophene rings is 1. The van der Waals surface area contributed by atoms with Crippen molar-refractivity contribution >= 4 is 34.8 Å². The Kier molecular flexibility index (Phi) is 3.89. The molecule has 0 radical (unpaired) electrons. The smallest absolute Gasteiger partial charge is 0.334 e. The van der Waals surface area contributed by atoms with Crippen LogP contribution in [0, 0.1) is 6.92 Å². The van der Waals surface area contributed by atoms with Crippen molar-refractivity contribution in [2.75, 3.05) is 19.7 Å². The third kappa shape index (κ3) is 2.50. The number of aryl methyl sites for hydroxylation is 1. The molecule has 0 saturated carbocycles. The largest absolute Gasteiger partial charge is 0.479 e. The van der Waals surface area contributed by atoms with Crippen LogP contribution in [0.3, 0.4) is 0 Å². The van der Waals surface area contributed by atoms with Gasteiger partial charge in [-0.25, -0.2) is 4.79 Å². The van der Waals surface area contributed by atoms with E-state index in [1.165, 1.54) is 16.2 Å². The molecule has 2 heterocycles. The van der Waals surface area contributed by atoms with Gasteiger partial charge in [-0.05, 0) is 17.9 Å². The standard InChI is InChI=1S/C11H12ClNO4S/c1-6-5-18-9(8(6)12)10(14)13-2-3-17-7(4-13)11(15)16/h5,7H,2-4H2,1H3,(H,15,16). The lowest BCUT2D eigenvalue weighted by atomic mass is 10.2. The third-order valence-electron chi connectivity index (χ3n) is 2.72. The van der Waals surface area contributed by atoms with Gasteiger partial charge in [0.25, 0.3) is 5.91 Å². The summed E-state index contributed by atoms with van der Waals surface area (Å²) in [5.41, 5.74) is 0.855. The van der Waals surface area contributed by atoms with Crippen LogP contribution in [0.4, 0.5) is 0 Å². The summed E-state index contributed by atoms with van der Waals surface area (Å²) in [6.45, 7) is 2.50. The van der Waals surface area contributed by atoms with Crippen molar-refractivity contribution in [3.8, 4) is 0 Å². The predicted octanol–water partition coefficient (Wildman–Crippen LogP) is 1.64. The normalized spacial score (nSPS) is 19.9. The fourth-order valence-corrected chi connectivity index (χ4v) is 2.94. The minimum Gasteiger partial charge on any atom is -0.479 e. The van der Waals surface area contributed by atoms with Crippen molar-refractivity contribution in [2.45, 2.75) is 13.0 Å². The highest BCUT2D eigenvalue weighted by atomic mass is 35.5. The molecule has 98 valence electrons. The van der Waals surface area contributed by atoms with E-state index in [0.717, 1.165) is 5.56 Å². The van der Waals surface area contributed by atoms with Crippen molar-refractivity contribution in [3.63, 3.8) is 0 Å². The Morgan fingerprint density at radius 3 is 2.89 bits per heavy atom. The van der Waals surface area contributed by atoms with Gasteiger partial charge in [-0.15, -0.1) is 11.3 Å². The Hall–Kier alpha value is -1.11. The molecule has 1 unspecified atom stereocenters. The molecule has 1 atom stereocenters. The summed E-state index contributed by atoms with van der Waals surface area (Å²) < 4.78 is 5.07. The molecular formula is C11H12ClNO4S. The monoisotopic (exact) mass is 289 g/mol. The third-order valence-corrected chi connectivity index (χ3v) is 4.41. The molecule has 1 aromatic rings. The van der Waals surface area contributed by atoms with E-state index in [2.05, 4.69) is 0 Å². The molecule has 1 aliphatic rings. The lowest BCUT2D eigenvalue weighted by molar-refractivity contribution is -0.154. The Labute approximate surface area is 113 Å². The Morgan fingerprint density at radius 2 is 2.33 bits per heavy atom. The summed E-state index contributed by atoms with van der Waals surface area (Å²) in [6, 6.07) is 0. The first kappa shape index (κ1) is 13.3. The zero-order valence-corrected chi connectivity index (χ0v) is 11.3. The highest BCUT2D eigenvalue weighted by Gasteiger charge is 2.30. The van der Waals surface area contributed by atoms with Gasteiger partial charge in [0, 0.05) is 6.54 Å². The average molecular weight is 290 g/mol. The topological polar surface area (TPSA) is 66.8 Å². The number of rotatable bonds is 2.